The average Bonchev–Trinajstić information content (AvgIpc) is 3.21. The molecule has 2 N–H and O–H groups in total. The summed E-state index contributed by atoms with van der Waals surface area (Å²) >= 11 is 0. The van der Waals surface area contributed by atoms with Gasteiger partial charge < -0.3 is 10.6 Å². The van der Waals surface area contributed by atoms with Crippen molar-refractivity contribution in [3.63, 3.8) is 0 Å². The highest BCUT2D eigenvalue weighted by Gasteiger charge is 2.35. The van der Waals surface area contributed by atoms with Crippen molar-refractivity contribution in [1.29, 1.82) is 0 Å². The van der Waals surface area contributed by atoms with Crippen molar-refractivity contribution in [3.8, 4) is 0 Å². The molecule has 1 amide bonds. The summed E-state index contributed by atoms with van der Waals surface area (Å²) in [6, 6.07) is 0. The quantitative estimate of drug-likeness (QED) is 0.0989. The second-order valence-corrected chi connectivity index (χ2v) is 10.1. The summed E-state index contributed by atoms with van der Waals surface area (Å²) in [6.07, 6.45) is 33.1. The maximum atomic E-state index is 11.2. The molecule has 0 aromatic heterocycles. The molecule has 192 valence electrons. The predicted octanol–water partition coefficient (Wildman–Crippen LogP) is 7.57. The van der Waals surface area contributed by atoms with E-state index in [1.807, 2.05) is 0 Å². The number of rotatable bonds is 22. The van der Waals surface area contributed by atoms with Crippen LogP contribution in [0.1, 0.15) is 130 Å². The van der Waals surface area contributed by atoms with Crippen LogP contribution >= 0.6 is 0 Å². The van der Waals surface area contributed by atoms with Crippen LogP contribution in [0.25, 0.3) is 0 Å². The molecule has 0 radical (unpaired) electrons. The molecule has 0 aromatic rings. The molecule has 0 spiro atoms. The van der Waals surface area contributed by atoms with Crippen molar-refractivity contribution in [2.45, 2.75) is 136 Å². The summed E-state index contributed by atoms with van der Waals surface area (Å²) in [5, 5.41) is 6.47. The molecule has 0 fully saturated rings. The Labute approximate surface area is 206 Å². The number of likely N-dealkylation sites (N-methyl/N-ethyl adjacent to an activating group) is 1. The van der Waals surface area contributed by atoms with Gasteiger partial charge in [-0.1, -0.05) is 109 Å². The molecular weight excluding hydrogens is 406 g/mol. The van der Waals surface area contributed by atoms with E-state index in [9.17, 15) is 4.79 Å². The van der Waals surface area contributed by atoms with Gasteiger partial charge in [-0.05, 0) is 19.8 Å². The van der Waals surface area contributed by atoms with Crippen molar-refractivity contribution in [2.75, 3.05) is 19.6 Å². The maximum Gasteiger partial charge on any atom is 0.217 e. The van der Waals surface area contributed by atoms with Gasteiger partial charge in [0.1, 0.15) is 12.7 Å². The number of allylic oxidation sites excluding steroid dienone is 1. The van der Waals surface area contributed by atoms with Crippen molar-refractivity contribution < 1.29 is 9.28 Å². The second kappa shape index (κ2) is 20.1. The number of nitrogens with zero attached hydrogens (tertiary/aromatic N) is 1. The third-order valence-corrected chi connectivity index (χ3v) is 7.27. The lowest BCUT2D eigenvalue weighted by Gasteiger charge is -2.36. The number of unbranched alkanes of at least 4 members (excludes halogenated alkanes) is 15. The van der Waals surface area contributed by atoms with Crippen LogP contribution in [0.3, 0.4) is 0 Å². The van der Waals surface area contributed by atoms with E-state index in [0.717, 1.165) is 30.5 Å². The van der Waals surface area contributed by atoms with Gasteiger partial charge in [-0.15, -0.1) is 0 Å². The maximum absolute atomic E-state index is 11.2. The number of hydrogen-bond acceptors (Lipinski definition) is 2. The fourth-order valence-corrected chi connectivity index (χ4v) is 4.96. The van der Waals surface area contributed by atoms with E-state index in [1.54, 1.807) is 6.92 Å². The van der Waals surface area contributed by atoms with Gasteiger partial charge in [0, 0.05) is 13.3 Å². The first-order valence-corrected chi connectivity index (χ1v) is 14.3. The van der Waals surface area contributed by atoms with Gasteiger partial charge in [-0.2, -0.15) is 0 Å². The van der Waals surface area contributed by atoms with Crippen LogP contribution in [-0.2, 0) is 4.79 Å². The molecule has 1 heterocycles. The lowest BCUT2D eigenvalue weighted by atomic mass is 10.0. The molecule has 33 heavy (non-hydrogen) atoms. The molecule has 1 aliphatic rings. The standard InChI is InChI=1S/C29H55N3O/c1-4-6-7-8-9-10-11-12-13-14-15-16-17-18-19-20-21-22-23-29-31-25-27-32(29,5-2)26-24-30-28(3)33/h21-22,25,27,29,31H,4-20,23-24,26H2,1-3H3/p+1/b22-21+. The summed E-state index contributed by atoms with van der Waals surface area (Å²) in [6.45, 7) is 8.83. The summed E-state index contributed by atoms with van der Waals surface area (Å²) in [5.41, 5.74) is 0. The Morgan fingerprint density at radius 1 is 0.848 bits per heavy atom. The van der Waals surface area contributed by atoms with Crippen LogP contribution in [0.15, 0.2) is 24.6 Å². The van der Waals surface area contributed by atoms with E-state index in [2.05, 4.69) is 49.0 Å². The minimum Gasteiger partial charge on any atom is -0.351 e. The summed E-state index contributed by atoms with van der Waals surface area (Å²) in [5.74, 6) is 0.0559. The third-order valence-electron chi connectivity index (χ3n) is 7.27. The molecule has 0 bridgehead atoms. The first-order chi connectivity index (χ1) is 16.1. The summed E-state index contributed by atoms with van der Waals surface area (Å²) in [7, 11) is 0. The number of carbonyl (C=O) groups is 1. The molecule has 0 aromatic carbocycles. The van der Waals surface area contributed by atoms with Crippen LogP contribution in [0.2, 0.25) is 0 Å². The van der Waals surface area contributed by atoms with Crippen LogP contribution in [0.5, 0.6) is 0 Å². The molecule has 2 atom stereocenters. The average molecular weight is 463 g/mol. The van der Waals surface area contributed by atoms with Crippen LogP contribution < -0.4 is 10.6 Å². The van der Waals surface area contributed by atoms with Crippen molar-refractivity contribution >= 4 is 5.91 Å². The molecule has 0 saturated carbocycles. The van der Waals surface area contributed by atoms with E-state index < -0.39 is 0 Å². The smallest absolute Gasteiger partial charge is 0.217 e. The number of carbonyl (C=O) groups excluding carboxylic acids is 1. The van der Waals surface area contributed by atoms with Gasteiger partial charge in [-0.3, -0.25) is 9.28 Å². The molecule has 4 nitrogen and oxygen atoms in total. The molecule has 1 aliphatic heterocycles. The van der Waals surface area contributed by atoms with Crippen molar-refractivity contribution in [1.82, 2.24) is 10.6 Å². The zero-order valence-corrected chi connectivity index (χ0v) is 22.4. The molecule has 1 rings (SSSR count). The predicted molar refractivity (Wildman–Crippen MR) is 144 cm³/mol. The highest BCUT2D eigenvalue weighted by atomic mass is 16.1. The van der Waals surface area contributed by atoms with Gasteiger partial charge in [0.05, 0.1) is 19.3 Å². The van der Waals surface area contributed by atoms with E-state index in [0.29, 0.717) is 6.17 Å². The van der Waals surface area contributed by atoms with E-state index in [1.165, 1.54) is 103 Å². The highest BCUT2D eigenvalue weighted by Crippen LogP contribution is 2.21. The minimum absolute atomic E-state index is 0.0559. The highest BCUT2D eigenvalue weighted by molar-refractivity contribution is 5.72. The lowest BCUT2D eigenvalue weighted by Crippen LogP contribution is -2.55. The molecule has 0 aliphatic carbocycles. The van der Waals surface area contributed by atoms with Crippen LogP contribution in [-0.4, -0.2) is 36.2 Å². The Bertz CT molecular complexity index is 531. The molecule has 4 heteroatoms. The zero-order chi connectivity index (χ0) is 24.0. The number of amides is 1. The Morgan fingerprint density at radius 3 is 1.91 bits per heavy atom. The number of quaternary nitrogens is 1. The minimum atomic E-state index is 0.0559. The topological polar surface area (TPSA) is 41.1 Å². The molecule has 2 unspecified atom stereocenters. The largest absolute Gasteiger partial charge is 0.351 e. The Morgan fingerprint density at radius 2 is 1.39 bits per heavy atom. The fraction of sp³-hybridized carbons (Fsp3) is 0.828. The van der Waals surface area contributed by atoms with E-state index in [-0.39, 0.29) is 5.91 Å². The third kappa shape index (κ3) is 14.6. The van der Waals surface area contributed by atoms with Crippen molar-refractivity contribution in [2.24, 2.45) is 0 Å². The van der Waals surface area contributed by atoms with E-state index in [4.69, 9.17) is 0 Å². The number of hydrogen-bond donors (Lipinski definition) is 2. The Hall–Kier alpha value is -1.29. The normalized spacial score (nSPS) is 19.9. The summed E-state index contributed by atoms with van der Waals surface area (Å²) < 4.78 is 0.906. The fourth-order valence-electron chi connectivity index (χ4n) is 4.96. The van der Waals surface area contributed by atoms with Gasteiger partial charge in [0.15, 0.2) is 6.17 Å². The van der Waals surface area contributed by atoms with Gasteiger partial charge in [0.2, 0.25) is 5.91 Å². The molecular formula is C29H56N3O+. The zero-order valence-electron chi connectivity index (χ0n) is 22.4. The Kier molecular flexibility index (Phi) is 18.1. The molecule has 0 saturated heterocycles. The first kappa shape index (κ1) is 29.7. The monoisotopic (exact) mass is 462 g/mol. The van der Waals surface area contributed by atoms with Gasteiger partial charge in [0.25, 0.3) is 0 Å². The van der Waals surface area contributed by atoms with E-state index >= 15 is 0 Å². The summed E-state index contributed by atoms with van der Waals surface area (Å²) in [4.78, 5) is 11.2. The van der Waals surface area contributed by atoms with Gasteiger partial charge in [-0.25, -0.2) is 0 Å². The SMILES string of the molecule is CCCCCCCCCCCCCCCCC/C=C/CC1NC=C[N+]1(CC)CCNC(C)=O. The first-order valence-electron chi connectivity index (χ1n) is 14.3. The Balaban J connectivity index is 1.95. The van der Waals surface area contributed by atoms with Crippen LogP contribution in [0.4, 0.5) is 0 Å². The number of nitrogens with one attached hydrogen (secondary N) is 2. The lowest BCUT2D eigenvalue weighted by molar-refractivity contribution is -0.897. The van der Waals surface area contributed by atoms with Crippen LogP contribution in [0, 0.1) is 0 Å². The van der Waals surface area contributed by atoms with Gasteiger partial charge >= 0.3 is 0 Å². The second-order valence-electron chi connectivity index (χ2n) is 10.1. The van der Waals surface area contributed by atoms with Crippen molar-refractivity contribution in [3.05, 3.63) is 24.6 Å².